The van der Waals surface area contributed by atoms with Crippen molar-refractivity contribution in [3.8, 4) is 5.75 Å². The van der Waals surface area contributed by atoms with Gasteiger partial charge in [-0.05, 0) is 35.7 Å². The van der Waals surface area contributed by atoms with Gasteiger partial charge < -0.3 is 15.4 Å². The van der Waals surface area contributed by atoms with Crippen LogP contribution < -0.4 is 15.4 Å². The number of ether oxygens (including phenoxy) is 1. The number of benzene rings is 2. The Hall–Kier alpha value is -3.29. The second-order valence-corrected chi connectivity index (χ2v) is 6.87. The molecule has 1 amide bonds. The topological polar surface area (TPSA) is 67.4 Å². The van der Waals surface area contributed by atoms with Crippen molar-refractivity contribution in [1.29, 1.82) is 0 Å². The van der Waals surface area contributed by atoms with Crippen LogP contribution in [0.1, 0.15) is 19.4 Å². The van der Waals surface area contributed by atoms with Crippen molar-refractivity contribution in [2.75, 3.05) is 5.32 Å². The monoisotopic (exact) mass is 420 g/mol. The van der Waals surface area contributed by atoms with Gasteiger partial charge in [0.25, 0.3) is 5.78 Å². The fourth-order valence-corrected chi connectivity index (χ4v) is 2.49. The lowest BCUT2D eigenvalue weighted by Crippen LogP contribution is -2.42. The third-order valence-corrected chi connectivity index (χ3v) is 4.11. The molecule has 2 aromatic rings. The van der Waals surface area contributed by atoms with Crippen molar-refractivity contribution in [2.45, 2.75) is 32.7 Å². The molecule has 1 atom stereocenters. The molecular formula is C22H23F3N2O3. The van der Waals surface area contributed by atoms with E-state index in [2.05, 4.69) is 10.6 Å². The number of hydrogen-bond donors (Lipinski definition) is 2. The van der Waals surface area contributed by atoms with E-state index >= 15 is 0 Å². The summed E-state index contributed by atoms with van der Waals surface area (Å²) in [5, 5.41) is 5.25. The summed E-state index contributed by atoms with van der Waals surface area (Å²) in [5.74, 6) is -2.04. The first-order valence-corrected chi connectivity index (χ1v) is 9.28. The van der Waals surface area contributed by atoms with Crippen LogP contribution >= 0.6 is 0 Å². The third-order valence-electron chi connectivity index (χ3n) is 4.11. The second-order valence-electron chi connectivity index (χ2n) is 6.87. The van der Waals surface area contributed by atoms with Crippen LogP contribution in [0.4, 0.5) is 18.9 Å². The smallest absolute Gasteiger partial charge is 0.454 e. The van der Waals surface area contributed by atoms with Gasteiger partial charge in [-0.3, -0.25) is 9.59 Å². The summed E-state index contributed by atoms with van der Waals surface area (Å²) in [4.78, 5) is 23.4. The van der Waals surface area contributed by atoms with Crippen molar-refractivity contribution in [3.05, 3.63) is 72.4 Å². The number of halogens is 3. The number of carbonyl (C=O) groups excluding carboxylic acids is 2. The highest BCUT2D eigenvalue weighted by Crippen LogP contribution is 2.18. The summed E-state index contributed by atoms with van der Waals surface area (Å²) < 4.78 is 42.4. The van der Waals surface area contributed by atoms with Crippen LogP contribution in [-0.2, 0) is 16.2 Å². The van der Waals surface area contributed by atoms with Crippen molar-refractivity contribution in [3.63, 3.8) is 0 Å². The molecule has 2 aromatic carbocycles. The van der Waals surface area contributed by atoms with Gasteiger partial charge in [-0.1, -0.05) is 44.2 Å². The molecule has 1 unspecified atom stereocenters. The van der Waals surface area contributed by atoms with E-state index in [1.165, 1.54) is 0 Å². The molecule has 5 nitrogen and oxygen atoms in total. The van der Waals surface area contributed by atoms with Gasteiger partial charge in [0.1, 0.15) is 18.4 Å². The molecule has 2 rings (SSSR count). The standard InChI is InChI=1S/C22H23F3N2O3/c1-15(2)20(26-13-12-19(28)22(23,24)25)21(29)27-17-8-10-18(11-9-17)30-14-16-6-4-3-5-7-16/h3-13,15,20,26H,14H2,1-2H3,(H,27,29)/b13-12+. The maximum Gasteiger partial charge on any atom is 0.454 e. The number of alkyl halides is 3. The first-order chi connectivity index (χ1) is 14.2. The molecule has 0 saturated carbocycles. The molecule has 160 valence electrons. The van der Waals surface area contributed by atoms with Crippen LogP contribution in [0.2, 0.25) is 0 Å². The van der Waals surface area contributed by atoms with E-state index in [1.54, 1.807) is 38.1 Å². The second kappa shape index (κ2) is 10.5. The van der Waals surface area contributed by atoms with Crippen LogP contribution in [0.5, 0.6) is 5.75 Å². The predicted octanol–water partition coefficient (Wildman–Crippen LogP) is 4.46. The minimum atomic E-state index is -4.95. The zero-order valence-electron chi connectivity index (χ0n) is 16.6. The molecule has 0 aliphatic heterocycles. The maximum atomic E-state index is 12.5. The molecule has 0 spiro atoms. The average Bonchev–Trinajstić information content (AvgIpc) is 2.70. The molecular weight excluding hydrogens is 397 g/mol. The van der Waals surface area contributed by atoms with Gasteiger partial charge in [-0.2, -0.15) is 13.2 Å². The van der Waals surface area contributed by atoms with E-state index in [-0.39, 0.29) is 5.92 Å². The number of carbonyl (C=O) groups is 2. The third kappa shape index (κ3) is 7.27. The molecule has 2 N–H and O–H groups in total. The van der Waals surface area contributed by atoms with Crippen molar-refractivity contribution < 1.29 is 27.5 Å². The zero-order valence-corrected chi connectivity index (χ0v) is 16.6. The summed E-state index contributed by atoms with van der Waals surface area (Å²) in [7, 11) is 0. The molecule has 0 aliphatic carbocycles. The Labute approximate surface area is 172 Å². The Morgan fingerprint density at radius 2 is 1.67 bits per heavy atom. The summed E-state index contributed by atoms with van der Waals surface area (Å²) >= 11 is 0. The summed E-state index contributed by atoms with van der Waals surface area (Å²) in [5.41, 5.74) is 1.53. The van der Waals surface area contributed by atoms with E-state index < -0.39 is 23.9 Å². The molecule has 0 saturated heterocycles. The lowest BCUT2D eigenvalue weighted by atomic mass is 10.0. The largest absolute Gasteiger partial charge is 0.489 e. The van der Waals surface area contributed by atoms with Gasteiger partial charge in [0.2, 0.25) is 5.91 Å². The predicted molar refractivity (Wildman–Crippen MR) is 108 cm³/mol. The molecule has 0 radical (unpaired) electrons. The Bertz CT molecular complexity index is 863. The van der Waals surface area contributed by atoms with E-state index in [1.807, 2.05) is 30.3 Å². The molecule has 0 fully saturated rings. The Kier molecular flexibility index (Phi) is 8.03. The normalized spacial score (nSPS) is 12.6. The fraction of sp³-hybridized carbons (Fsp3) is 0.273. The number of hydrogen-bond acceptors (Lipinski definition) is 4. The average molecular weight is 420 g/mol. The van der Waals surface area contributed by atoms with Crippen molar-refractivity contribution >= 4 is 17.4 Å². The Morgan fingerprint density at radius 1 is 1.03 bits per heavy atom. The minimum absolute atomic E-state index is 0.232. The van der Waals surface area contributed by atoms with Gasteiger partial charge in [0, 0.05) is 18.0 Å². The Balaban J connectivity index is 1.92. The van der Waals surface area contributed by atoms with Gasteiger partial charge in [0.15, 0.2) is 0 Å². The van der Waals surface area contributed by atoms with Crippen LogP contribution in [0.25, 0.3) is 0 Å². The van der Waals surface area contributed by atoms with Crippen molar-refractivity contribution in [2.24, 2.45) is 5.92 Å². The highest BCUT2D eigenvalue weighted by molar-refractivity contribution is 5.96. The lowest BCUT2D eigenvalue weighted by Gasteiger charge is -2.20. The summed E-state index contributed by atoms with van der Waals surface area (Å²) in [6.07, 6.45) is -3.74. The number of anilines is 1. The van der Waals surface area contributed by atoms with E-state index in [0.29, 0.717) is 24.1 Å². The minimum Gasteiger partial charge on any atom is -0.489 e. The molecule has 0 heterocycles. The Morgan fingerprint density at radius 3 is 2.23 bits per heavy atom. The van der Waals surface area contributed by atoms with E-state index in [0.717, 1.165) is 11.8 Å². The van der Waals surface area contributed by atoms with Gasteiger partial charge in [-0.15, -0.1) is 0 Å². The highest BCUT2D eigenvalue weighted by atomic mass is 19.4. The van der Waals surface area contributed by atoms with E-state index in [4.69, 9.17) is 4.74 Å². The SMILES string of the molecule is CC(C)C(N/C=C/C(=O)C(F)(F)F)C(=O)Nc1ccc(OCc2ccccc2)cc1. The zero-order chi connectivity index (χ0) is 22.1. The van der Waals surface area contributed by atoms with Crippen LogP contribution in [0, 0.1) is 5.92 Å². The number of amides is 1. The van der Waals surface area contributed by atoms with Crippen LogP contribution in [0.15, 0.2) is 66.9 Å². The lowest BCUT2D eigenvalue weighted by molar-refractivity contribution is -0.165. The fourth-order valence-electron chi connectivity index (χ4n) is 2.49. The molecule has 0 bridgehead atoms. The van der Waals surface area contributed by atoms with Gasteiger partial charge in [-0.25, -0.2) is 0 Å². The molecule has 0 aliphatic rings. The number of nitrogens with one attached hydrogen (secondary N) is 2. The summed E-state index contributed by atoms with van der Waals surface area (Å²) in [6, 6.07) is 15.6. The molecule has 0 aromatic heterocycles. The molecule has 8 heteroatoms. The number of ketones is 1. The number of rotatable bonds is 9. The quantitative estimate of drug-likeness (QED) is 0.588. The van der Waals surface area contributed by atoms with E-state index in [9.17, 15) is 22.8 Å². The van der Waals surface area contributed by atoms with Crippen molar-refractivity contribution in [1.82, 2.24) is 5.32 Å². The van der Waals surface area contributed by atoms with Crippen LogP contribution in [-0.4, -0.2) is 23.9 Å². The van der Waals surface area contributed by atoms with Gasteiger partial charge in [0.05, 0.1) is 0 Å². The maximum absolute atomic E-state index is 12.5. The first-order valence-electron chi connectivity index (χ1n) is 9.28. The first kappa shape index (κ1) is 23.0. The van der Waals surface area contributed by atoms with Crippen LogP contribution in [0.3, 0.4) is 0 Å². The highest BCUT2D eigenvalue weighted by Gasteiger charge is 2.36. The molecule has 30 heavy (non-hydrogen) atoms. The van der Waals surface area contributed by atoms with Gasteiger partial charge >= 0.3 is 6.18 Å². The summed E-state index contributed by atoms with van der Waals surface area (Å²) in [6.45, 7) is 3.88. The number of allylic oxidation sites excluding steroid dienone is 1.